The van der Waals surface area contributed by atoms with Crippen LogP contribution in [0, 0.1) is 0 Å². The molecule has 0 saturated carbocycles. The Hall–Kier alpha value is -2.30. The summed E-state index contributed by atoms with van der Waals surface area (Å²) in [5.41, 5.74) is 0. The predicted molar refractivity (Wildman–Crippen MR) is 344 cm³/mol. The maximum absolute atomic E-state index is 13.0. The van der Waals surface area contributed by atoms with Gasteiger partial charge in [-0.15, -0.1) is 0 Å². The van der Waals surface area contributed by atoms with E-state index in [0.29, 0.717) is 19.3 Å². The fraction of sp³-hybridized carbons (Fsp3) is 0.871. The standard InChI is InChI=1S/C70H131O11P/c1-4-7-10-13-16-19-22-25-28-31-33-36-38-41-44-47-50-53-56-59-68(72)77-63-67(81-70(74)61-58-55-52-49-46-43-40-37-34-32-29-26-23-20-17-14-11-8-5-2)65-79-82(75,76)78-64-66(62-71)80-69(73)60-57-54-51-48-45-42-39-35-30-27-24-21-18-15-12-9-6-3/h18,21,26-27,29-30,66-67,71H,4-17,19-20,22-25,28,31-65H2,1-3H3,(H,75,76)/b21-18-,29-26-,30-27-. The quantitative estimate of drug-likeness (QED) is 0.0197. The molecular weight excluding hydrogens is 1050 g/mol. The summed E-state index contributed by atoms with van der Waals surface area (Å²) in [5.74, 6) is -1.44. The van der Waals surface area contributed by atoms with Crippen molar-refractivity contribution >= 4 is 25.7 Å². The molecule has 0 spiro atoms. The van der Waals surface area contributed by atoms with E-state index in [4.69, 9.17) is 23.3 Å². The van der Waals surface area contributed by atoms with Crippen LogP contribution in [0.25, 0.3) is 0 Å². The Morgan fingerprint density at radius 1 is 0.341 bits per heavy atom. The first-order valence-electron chi connectivity index (χ1n) is 34.9. The molecule has 0 radical (unpaired) electrons. The van der Waals surface area contributed by atoms with Crippen molar-refractivity contribution in [2.24, 2.45) is 0 Å². The van der Waals surface area contributed by atoms with Crippen molar-refractivity contribution in [2.45, 2.75) is 367 Å². The molecule has 0 saturated heterocycles. The summed E-state index contributed by atoms with van der Waals surface area (Å²) < 4.78 is 39.8. The van der Waals surface area contributed by atoms with E-state index in [-0.39, 0.29) is 25.9 Å². The number of hydrogen-bond acceptors (Lipinski definition) is 10. The molecule has 3 atom stereocenters. The smallest absolute Gasteiger partial charge is 0.462 e. The average Bonchev–Trinajstić information content (AvgIpc) is 3.49. The molecule has 0 rings (SSSR count). The summed E-state index contributed by atoms with van der Waals surface area (Å²) in [7, 11) is -4.75. The van der Waals surface area contributed by atoms with E-state index in [1.54, 1.807) is 0 Å². The molecule has 0 aliphatic carbocycles. The van der Waals surface area contributed by atoms with E-state index in [1.807, 2.05) is 0 Å². The van der Waals surface area contributed by atoms with Gasteiger partial charge in [-0.05, 0) is 77.0 Å². The second kappa shape index (κ2) is 64.7. The maximum Gasteiger partial charge on any atom is 0.472 e. The minimum atomic E-state index is -4.75. The monoisotopic (exact) mass is 1180 g/mol. The van der Waals surface area contributed by atoms with Crippen LogP contribution in [-0.4, -0.2) is 66.5 Å². The Balaban J connectivity index is 4.65. The van der Waals surface area contributed by atoms with Crippen molar-refractivity contribution < 1.29 is 52.2 Å². The van der Waals surface area contributed by atoms with Gasteiger partial charge in [-0.2, -0.15) is 0 Å². The molecule has 0 aromatic rings. The first-order valence-corrected chi connectivity index (χ1v) is 36.4. The third kappa shape index (κ3) is 62.2. The lowest BCUT2D eigenvalue weighted by Gasteiger charge is -2.21. The molecule has 3 unspecified atom stereocenters. The highest BCUT2D eigenvalue weighted by molar-refractivity contribution is 7.47. The number of rotatable bonds is 66. The number of aliphatic hydroxyl groups excluding tert-OH is 1. The normalized spacial score (nSPS) is 13.4. The third-order valence-electron chi connectivity index (χ3n) is 15.5. The molecular formula is C70H131O11P. The number of unbranched alkanes of at least 4 members (excludes halogenated alkanes) is 43. The molecule has 12 heteroatoms. The molecule has 2 N–H and O–H groups in total. The van der Waals surface area contributed by atoms with Crippen molar-refractivity contribution in [3.63, 3.8) is 0 Å². The van der Waals surface area contributed by atoms with E-state index in [1.165, 1.54) is 218 Å². The van der Waals surface area contributed by atoms with E-state index in [9.17, 15) is 28.9 Å². The summed E-state index contributed by atoms with van der Waals surface area (Å²) in [6, 6.07) is 0. The highest BCUT2D eigenvalue weighted by atomic mass is 31.2. The van der Waals surface area contributed by atoms with Crippen LogP contribution in [0.2, 0.25) is 0 Å². The number of esters is 3. The van der Waals surface area contributed by atoms with E-state index in [2.05, 4.69) is 57.2 Å². The average molecular weight is 1180 g/mol. The molecule has 0 fully saturated rings. The van der Waals surface area contributed by atoms with Gasteiger partial charge >= 0.3 is 25.7 Å². The number of allylic oxidation sites excluding steroid dienone is 6. The molecule has 82 heavy (non-hydrogen) atoms. The van der Waals surface area contributed by atoms with Crippen LogP contribution in [0.4, 0.5) is 0 Å². The lowest BCUT2D eigenvalue weighted by Crippen LogP contribution is -2.30. The zero-order chi connectivity index (χ0) is 59.8. The van der Waals surface area contributed by atoms with Gasteiger partial charge in [0.15, 0.2) is 6.10 Å². The van der Waals surface area contributed by atoms with Crippen molar-refractivity contribution in [3.05, 3.63) is 36.5 Å². The van der Waals surface area contributed by atoms with Crippen LogP contribution in [0.5, 0.6) is 0 Å². The minimum Gasteiger partial charge on any atom is -0.462 e. The van der Waals surface area contributed by atoms with Crippen molar-refractivity contribution in [1.82, 2.24) is 0 Å². The summed E-state index contributed by atoms with van der Waals surface area (Å²) in [6.07, 6.45) is 70.9. The zero-order valence-electron chi connectivity index (χ0n) is 53.7. The first kappa shape index (κ1) is 79.7. The van der Waals surface area contributed by atoms with Crippen LogP contribution in [-0.2, 0) is 42.2 Å². The van der Waals surface area contributed by atoms with Gasteiger partial charge in [0.1, 0.15) is 12.7 Å². The van der Waals surface area contributed by atoms with Gasteiger partial charge in [0.05, 0.1) is 19.8 Å². The van der Waals surface area contributed by atoms with E-state index >= 15 is 0 Å². The van der Waals surface area contributed by atoms with Crippen LogP contribution in [0.1, 0.15) is 355 Å². The second-order valence-corrected chi connectivity index (χ2v) is 25.2. The van der Waals surface area contributed by atoms with Crippen molar-refractivity contribution in [2.75, 3.05) is 26.4 Å². The van der Waals surface area contributed by atoms with Gasteiger partial charge in [0, 0.05) is 19.3 Å². The molecule has 482 valence electrons. The number of ether oxygens (including phenoxy) is 3. The first-order chi connectivity index (χ1) is 40.2. The second-order valence-electron chi connectivity index (χ2n) is 23.7. The number of phosphoric acid groups is 1. The summed E-state index contributed by atoms with van der Waals surface area (Å²) in [4.78, 5) is 48.9. The fourth-order valence-corrected chi connectivity index (χ4v) is 11.0. The van der Waals surface area contributed by atoms with Crippen LogP contribution < -0.4 is 0 Å². The summed E-state index contributed by atoms with van der Waals surface area (Å²) in [5, 5.41) is 9.87. The summed E-state index contributed by atoms with van der Waals surface area (Å²) >= 11 is 0. The van der Waals surface area contributed by atoms with Crippen LogP contribution in [0.3, 0.4) is 0 Å². The Morgan fingerprint density at radius 2 is 0.598 bits per heavy atom. The molecule has 11 nitrogen and oxygen atoms in total. The molecule has 0 aliphatic rings. The maximum atomic E-state index is 13.0. The lowest BCUT2D eigenvalue weighted by molar-refractivity contribution is -0.161. The Bertz CT molecular complexity index is 1520. The molecule has 0 bridgehead atoms. The minimum absolute atomic E-state index is 0.170. The molecule has 0 heterocycles. The van der Waals surface area contributed by atoms with Crippen LogP contribution >= 0.6 is 7.82 Å². The lowest BCUT2D eigenvalue weighted by atomic mass is 10.0. The van der Waals surface area contributed by atoms with Crippen molar-refractivity contribution in [3.8, 4) is 0 Å². The predicted octanol–water partition coefficient (Wildman–Crippen LogP) is 21.5. The van der Waals surface area contributed by atoms with Gasteiger partial charge in [-0.3, -0.25) is 23.4 Å². The van der Waals surface area contributed by atoms with Crippen LogP contribution in [0.15, 0.2) is 36.5 Å². The number of phosphoric ester groups is 1. The Labute approximate surface area is 505 Å². The van der Waals surface area contributed by atoms with Gasteiger partial charge in [0.2, 0.25) is 0 Å². The van der Waals surface area contributed by atoms with Gasteiger partial charge in [-0.1, -0.05) is 295 Å². The largest absolute Gasteiger partial charge is 0.472 e. The van der Waals surface area contributed by atoms with Crippen molar-refractivity contribution in [1.29, 1.82) is 0 Å². The molecule has 0 aliphatic heterocycles. The molecule has 0 aromatic heterocycles. The number of carbonyl (C=O) groups is 3. The van der Waals surface area contributed by atoms with Gasteiger partial charge in [0.25, 0.3) is 0 Å². The van der Waals surface area contributed by atoms with Gasteiger partial charge in [-0.25, -0.2) is 4.57 Å². The number of carbonyl (C=O) groups excluding carboxylic acids is 3. The number of hydrogen-bond donors (Lipinski definition) is 2. The Kier molecular flexibility index (Phi) is 62.9. The van der Waals surface area contributed by atoms with E-state index < -0.39 is 57.8 Å². The fourth-order valence-electron chi connectivity index (χ4n) is 10.2. The topological polar surface area (TPSA) is 155 Å². The van der Waals surface area contributed by atoms with E-state index in [0.717, 1.165) is 77.0 Å². The Morgan fingerprint density at radius 3 is 0.939 bits per heavy atom. The highest BCUT2D eigenvalue weighted by Gasteiger charge is 2.28. The summed E-state index contributed by atoms with van der Waals surface area (Å²) in [6.45, 7) is 4.70. The SMILES string of the molecule is CCCCC/C=C\C/C=C\CCCCCCCCCC(=O)OC(CO)COP(=O)(O)OCC(COC(=O)CCCCCCCCCCCCCCCCCCCCC)OC(=O)CCCCCCCCCCC/C=C\CCCCCCCC. The van der Waals surface area contributed by atoms with Gasteiger partial charge < -0.3 is 24.2 Å². The molecule has 0 aromatic carbocycles. The molecule has 0 amide bonds. The third-order valence-corrected chi connectivity index (χ3v) is 16.5. The number of aliphatic hydroxyl groups is 1. The zero-order valence-corrected chi connectivity index (χ0v) is 54.6. The highest BCUT2D eigenvalue weighted by Crippen LogP contribution is 2.43.